The molecule has 23 heavy (non-hydrogen) atoms. The van der Waals surface area contributed by atoms with Gasteiger partial charge in [-0.25, -0.2) is 0 Å². The van der Waals surface area contributed by atoms with Crippen molar-refractivity contribution in [3.05, 3.63) is 54.6 Å². The molecule has 5 nitrogen and oxygen atoms in total. The molecule has 120 valence electrons. The first-order valence-electron chi connectivity index (χ1n) is 7.66. The summed E-state index contributed by atoms with van der Waals surface area (Å²) in [7, 11) is 0. The van der Waals surface area contributed by atoms with Crippen molar-refractivity contribution in [2.24, 2.45) is 0 Å². The van der Waals surface area contributed by atoms with Crippen LogP contribution in [0.3, 0.4) is 0 Å². The lowest BCUT2D eigenvalue weighted by Gasteiger charge is -2.09. The zero-order chi connectivity index (χ0) is 16.5. The molecule has 2 rings (SSSR count). The Morgan fingerprint density at radius 2 is 1.35 bits per heavy atom. The summed E-state index contributed by atoms with van der Waals surface area (Å²) in [6.07, 6.45) is 1.33. The van der Waals surface area contributed by atoms with Gasteiger partial charge in [0.25, 0.3) is 0 Å². The van der Waals surface area contributed by atoms with Gasteiger partial charge in [-0.1, -0.05) is 25.1 Å². The van der Waals surface area contributed by atoms with Crippen LogP contribution >= 0.6 is 0 Å². The predicted molar refractivity (Wildman–Crippen MR) is 93.5 cm³/mol. The van der Waals surface area contributed by atoms with Gasteiger partial charge in [0.05, 0.1) is 6.54 Å². The molecule has 3 N–H and O–H groups in total. The average molecular weight is 311 g/mol. The van der Waals surface area contributed by atoms with Crippen LogP contribution < -0.4 is 16.0 Å². The van der Waals surface area contributed by atoms with Gasteiger partial charge in [0.15, 0.2) is 0 Å². The molecular formula is C18H21N3O2. The molecular weight excluding hydrogens is 290 g/mol. The van der Waals surface area contributed by atoms with Crippen molar-refractivity contribution in [2.75, 3.05) is 22.5 Å². The summed E-state index contributed by atoms with van der Waals surface area (Å²) in [6, 6.07) is 16.6. The number of rotatable bonds is 7. The standard InChI is InChI=1S/C18H21N3O2/c1-2-6-17(22)20-16-11-9-14(10-12-16)19-13-18(23)21-15-7-4-3-5-8-15/h3-5,7-12,19H,2,6,13H2,1H3,(H,20,22)(H,21,23). The molecule has 0 bridgehead atoms. The van der Waals surface area contributed by atoms with Gasteiger partial charge in [-0.15, -0.1) is 0 Å². The molecule has 0 heterocycles. The van der Waals surface area contributed by atoms with Gasteiger partial charge >= 0.3 is 0 Å². The highest BCUT2D eigenvalue weighted by Crippen LogP contribution is 2.14. The second kappa shape index (κ2) is 8.58. The molecule has 0 aliphatic rings. The maximum atomic E-state index is 11.8. The Bertz CT molecular complexity index is 639. The van der Waals surface area contributed by atoms with Gasteiger partial charge < -0.3 is 16.0 Å². The van der Waals surface area contributed by atoms with Gasteiger partial charge in [0, 0.05) is 23.5 Å². The first-order chi connectivity index (χ1) is 11.2. The first kappa shape index (κ1) is 16.5. The monoisotopic (exact) mass is 311 g/mol. The Morgan fingerprint density at radius 1 is 0.783 bits per heavy atom. The summed E-state index contributed by atoms with van der Waals surface area (Å²) in [6.45, 7) is 2.14. The molecule has 2 amide bonds. The van der Waals surface area contributed by atoms with Gasteiger partial charge in [0.2, 0.25) is 11.8 Å². The highest BCUT2D eigenvalue weighted by atomic mass is 16.2. The van der Waals surface area contributed by atoms with Crippen molar-refractivity contribution in [1.29, 1.82) is 0 Å². The maximum Gasteiger partial charge on any atom is 0.243 e. The fraction of sp³-hybridized carbons (Fsp3) is 0.222. The second-order valence-corrected chi connectivity index (χ2v) is 5.14. The van der Waals surface area contributed by atoms with Crippen molar-refractivity contribution >= 4 is 28.9 Å². The molecule has 5 heteroatoms. The SMILES string of the molecule is CCCC(=O)Nc1ccc(NCC(=O)Nc2ccccc2)cc1. The smallest absolute Gasteiger partial charge is 0.243 e. The van der Waals surface area contributed by atoms with Crippen molar-refractivity contribution in [3.8, 4) is 0 Å². The average Bonchev–Trinajstić information content (AvgIpc) is 2.55. The fourth-order valence-corrected chi connectivity index (χ4v) is 2.03. The Hall–Kier alpha value is -2.82. The summed E-state index contributed by atoms with van der Waals surface area (Å²) in [4.78, 5) is 23.3. The summed E-state index contributed by atoms with van der Waals surface area (Å²) < 4.78 is 0. The molecule has 2 aromatic rings. The third-order valence-corrected chi connectivity index (χ3v) is 3.16. The lowest BCUT2D eigenvalue weighted by atomic mass is 10.2. The molecule has 0 aliphatic heterocycles. The van der Waals surface area contributed by atoms with Crippen LogP contribution in [-0.4, -0.2) is 18.4 Å². The molecule has 2 aromatic carbocycles. The maximum absolute atomic E-state index is 11.8. The Labute approximate surface area is 136 Å². The molecule has 0 spiro atoms. The van der Waals surface area contributed by atoms with E-state index in [0.29, 0.717) is 6.42 Å². The highest BCUT2D eigenvalue weighted by molar-refractivity contribution is 5.94. The first-order valence-corrected chi connectivity index (χ1v) is 7.66. The lowest BCUT2D eigenvalue weighted by molar-refractivity contribution is -0.116. The quantitative estimate of drug-likeness (QED) is 0.733. The van der Waals surface area contributed by atoms with E-state index in [1.165, 1.54) is 0 Å². The van der Waals surface area contributed by atoms with E-state index in [0.717, 1.165) is 23.5 Å². The van der Waals surface area contributed by atoms with Crippen LogP contribution in [0.2, 0.25) is 0 Å². The Kier molecular flexibility index (Phi) is 6.17. The summed E-state index contributed by atoms with van der Waals surface area (Å²) >= 11 is 0. The molecule has 0 radical (unpaired) electrons. The lowest BCUT2D eigenvalue weighted by Crippen LogP contribution is -2.21. The van der Waals surface area contributed by atoms with E-state index in [1.807, 2.05) is 61.5 Å². The van der Waals surface area contributed by atoms with E-state index < -0.39 is 0 Å². The van der Waals surface area contributed by atoms with Gasteiger partial charge in [-0.05, 0) is 42.8 Å². The van der Waals surface area contributed by atoms with E-state index in [9.17, 15) is 9.59 Å². The number of anilines is 3. The number of hydrogen-bond acceptors (Lipinski definition) is 3. The number of benzene rings is 2. The molecule has 0 atom stereocenters. The van der Waals surface area contributed by atoms with Crippen molar-refractivity contribution in [3.63, 3.8) is 0 Å². The number of amides is 2. The van der Waals surface area contributed by atoms with Crippen LogP contribution in [0.4, 0.5) is 17.1 Å². The Balaban J connectivity index is 1.79. The number of carbonyl (C=O) groups excluding carboxylic acids is 2. The van der Waals surface area contributed by atoms with E-state index in [-0.39, 0.29) is 18.4 Å². The van der Waals surface area contributed by atoms with Crippen molar-refractivity contribution in [2.45, 2.75) is 19.8 Å². The van der Waals surface area contributed by atoms with Crippen LogP contribution in [0.25, 0.3) is 0 Å². The van der Waals surface area contributed by atoms with Crippen LogP contribution in [0, 0.1) is 0 Å². The molecule has 0 aliphatic carbocycles. The minimum absolute atomic E-state index is 0.00967. The number of hydrogen-bond donors (Lipinski definition) is 3. The third-order valence-electron chi connectivity index (χ3n) is 3.16. The molecule has 0 unspecified atom stereocenters. The third kappa shape index (κ3) is 5.82. The minimum Gasteiger partial charge on any atom is -0.376 e. The zero-order valence-electron chi connectivity index (χ0n) is 13.1. The number of nitrogens with one attached hydrogen (secondary N) is 3. The second-order valence-electron chi connectivity index (χ2n) is 5.14. The van der Waals surface area contributed by atoms with E-state index in [1.54, 1.807) is 0 Å². The molecule has 0 saturated heterocycles. The molecule has 0 aromatic heterocycles. The highest BCUT2D eigenvalue weighted by Gasteiger charge is 2.03. The Morgan fingerprint density at radius 3 is 2.00 bits per heavy atom. The fourth-order valence-electron chi connectivity index (χ4n) is 2.03. The molecule has 0 fully saturated rings. The van der Waals surface area contributed by atoms with Gasteiger partial charge in [-0.2, -0.15) is 0 Å². The van der Waals surface area contributed by atoms with E-state index in [2.05, 4.69) is 16.0 Å². The topological polar surface area (TPSA) is 70.2 Å². The van der Waals surface area contributed by atoms with E-state index in [4.69, 9.17) is 0 Å². The van der Waals surface area contributed by atoms with Crippen LogP contribution in [0.5, 0.6) is 0 Å². The van der Waals surface area contributed by atoms with Gasteiger partial charge in [-0.3, -0.25) is 9.59 Å². The van der Waals surface area contributed by atoms with Gasteiger partial charge in [0.1, 0.15) is 0 Å². The van der Waals surface area contributed by atoms with Crippen LogP contribution in [0.15, 0.2) is 54.6 Å². The number of para-hydroxylation sites is 1. The number of carbonyl (C=O) groups is 2. The summed E-state index contributed by atoms with van der Waals surface area (Å²) in [5, 5.41) is 8.67. The summed E-state index contributed by atoms with van der Waals surface area (Å²) in [5.74, 6) is -0.105. The van der Waals surface area contributed by atoms with Crippen LogP contribution in [-0.2, 0) is 9.59 Å². The zero-order valence-corrected chi connectivity index (χ0v) is 13.1. The van der Waals surface area contributed by atoms with Crippen molar-refractivity contribution in [1.82, 2.24) is 0 Å². The molecule has 0 saturated carbocycles. The summed E-state index contributed by atoms with van der Waals surface area (Å²) in [5.41, 5.74) is 2.35. The normalized spacial score (nSPS) is 9.96. The largest absolute Gasteiger partial charge is 0.376 e. The predicted octanol–water partition coefficient (Wildman–Crippen LogP) is 3.48. The minimum atomic E-state index is -0.114. The van der Waals surface area contributed by atoms with Crippen LogP contribution in [0.1, 0.15) is 19.8 Å². The van der Waals surface area contributed by atoms with E-state index >= 15 is 0 Å². The van der Waals surface area contributed by atoms with Crippen molar-refractivity contribution < 1.29 is 9.59 Å².